The van der Waals surface area contributed by atoms with Crippen LogP contribution in [0.2, 0.25) is 0 Å². The number of aromatic nitrogens is 3. The largest absolute Gasteiger partial charge is 0.352 e. The Morgan fingerprint density at radius 1 is 0.872 bits per heavy atom. The molecule has 6 nitrogen and oxygen atoms in total. The molecule has 0 N–H and O–H groups in total. The summed E-state index contributed by atoms with van der Waals surface area (Å²) in [5.74, 6) is 0.528. The Labute approximate surface area is 226 Å². The van der Waals surface area contributed by atoms with Crippen molar-refractivity contribution in [2.45, 2.75) is 6.92 Å². The number of hydrogen-bond acceptors (Lipinski definition) is 4. The molecule has 0 radical (unpaired) electrons. The smallest absolute Gasteiger partial charge is 0.246 e. The van der Waals surface area contributed by atoms with Crippen LogP contribution in [-0.4, -0.2) is 51.5 Å². The summed E-state index contributed by atoms with van der Waals surface area (Å²) in [4.78, 5) is 26.4. The Balaban J connectivity index is 1.30. The van der Waals surface area contributed by atoms with Crippen LogP contribution >= 0.6 is 0 Å². The third kappa shape index (κ3) is 4.91. The van der Waals surface area contributed by atoms with Gasteiger partial charge in [-0.2, -0.15) is 0 Å². The van der Waals surface area contributed by atoms with Crippen molar-refractivity contribution in [2.75, 3.05) is 31.1 Å². The Morgan fingerprint density at radius 2 is 1.59 bits per heavy atom. The third-order valence-corrected chi connectivity index (χ3v) is 7.20. The van der Waals surface area contributed by atoms with Gasteiger partial charge in [0.1, 0.15) is 18.0 Å². The number of amides is 1. The number of fused-ring (bicyclic) bond motifs is 1. The molecule has 0 saturated carbocycles. The fourth-order valence-corrected chi connectivity index (χ4v) is 5.12. The summed E-state index contributed by atoms with van der Waals surface area (Å²) >= 11 is 0. The summed E-state index contributed by atoms with van der Waals surface area (Å²) in [7, 11) is 0. The zero-order valence-corrected chi connectivity index (χ0v) is 21.7. The minimum Gasteiger partial charge on any atom is -0.352 e. The number of piperazine rings is 1. The van der Waals surface area contributed by atoms with Gasteiger partial charge in [0.25, 0.3) is 0 Å². The van der Waals surface area contributed by atoms with E-state index in [4.69, 9.17) is 9.97 Å². The number of halogens is 1. The first-order valence-electron chi connectivity index (χ1n) is 13.0. The van der Waals surface area contributed by atoms with Crippen LogP contribution in [0.1, 0.15) is 11.1 Å². The molecule has 1 amide bonds. The molecule has 0 bridgehead atoms. The predicted octanol–water partition coefficient (Wildman–Crippen LogP) is 5.90. The normalized spacial score (nSPS) is 13.9. The lowest BCUT2D eigenvalue weighted by Gasteiger charge is -2.35. The molecule has 0 spiro atoms. The molecule has 1 saturated heterocycles. The molecular weight excluding hydrogens is 489 g/mol. The van der Waals surface area contributed by atoms with E-state index < -0.39 is 0 Å². The Morgan fingerprint density at radius 3 is 2.33 bits per heavy atom. The monoisotopic (exact) mass is 517 g/mol. The van der Waals surface area contributed by atoms with Crippen molar-refractivity contribution < 1.29 is 9.18 Å². The number of para-hydroxylation sites is 1. The second-order valence-electron chi connectivity index (χ2n) is 9.66. The number of carbonyl (C=O) groups is 1. The average Bonchev–Trinajstić information content (AvgIpc) is 3.37. The van der Waals surface area contributed by atoms with Crippen molar-refractivity contribution in [3.8, 4) is 16.8 Å². The van der Waals surface area contributed by atoms with Crippen molar-refractivity contribution in [1.29, 1.82) is 0 Å². The molecule has 6 rings (SSSR count). The molecule has 1 aliphatic rings. The van der Waals surface area contributed by atoms with Crippen molar-refractivity contribution in [3.63, 3.8) is 0 Å². The number of carbonyl (C=O) groups excluding carboxylic acids is 1. The first kappa shape index (κ1) is 24.6. The molecule has 7 heteroatoms. The van der Waals surface area contributed by atoms with Gasteiger partial charge in [0.2, 0.25) is 5.91 Å². The molecule has 0 atom stereocenters. The molecule has 2 aromatic heterocycles. The van der Waals surface area contributed by atoms with Gasteiger partial charge in [-0.1, -0.05) is 60.7 Å². The summed E-state index contributed by atoms with van der Waals surface area (Å²) in [6.07, 6.45) is 7.06. The number of hydrogen-bond donors (Lipinski definition) is 0. The molecule has 3 aromatic carbocycles. The second kappa shape index (κ2) is 10.5. The molecule has 5 aromatic rings. The molecule has 194 valence electrons. The highest BCUT2D eigenvalue weighted by atomic mass is 19.1. The first-order chi connectivity index (χ1) is 19.1. The van der Waals surface area contributed by atoms with Gasteiger partial charge in [0.15, 0.2) is 5.65 Å². The maximum atomic E-state index is 13.2. The van der Waals surface area contributed by atoms with E-state index in [0.717, 1.165) is 44.8 Å². The Bertz CT molecular complexity index is 1650. The molecule has 39 heavy (non-hydrogen) atoms. The zero-order valence-electron chi connectivity index (χ0n) is 21.7. The lowest BCUT2D eigenvalue weighted by atomic mass is 10.1. The Hall–Kier alpha value is -4.78. The second-order valence-corrected chi connectivity index (χ2v) is 9.66. The summed E-state index contributed by atoms with van der Waals surface area (Å²) in [5.41, 5.74) is 6.07. The first-order valence-corrected chi connectivity index (χ1v) is 13.0. The van der Waals surface area contributed by atoms with Crippen LogP contribution in [0.15, 0.2) is 97.5 Å². The van der Waals surface area contributed by atoms with Crippen molar-refractivity contribution in [1.82, 2.24) is 19.4 Å². The van der Waals surface area contributed by atoms with Crippen molar-refractivity contribution in [3.05, 3.63) is 114 Å². The highest BCUT2D eigenvalue weighted by molar-refractivity contribution is 6.02. The minimum atomic E-state index is -0.293. The standard InChI is InChI=1S/C32H28FN5O/c1-23-7-5-6-10-28(23)38-21-27(25-8-3-2-4-9-25)30-31(34-22-35-32(30)38)37-19-17-36(18-20-37)29(39)16-13-24-11-14-26(33)15-12-24/h2-16,21-22H,17-20H2,1H3/b16-13+. The lowest BCUT2D eigenvalue weighted by molar-refractivity contribution is -0.126. The van der Waals surface area contributed by atoms with Crippen LogP contribution in [0.4, 0.5) is 10.2 Å². The highest BCUT2D eigenvalue weighted by Gasteiger charge is 2.25. The highest BCUT2D eigenvalue weighted by Crippen LogP contribution is 2.37. The van der Waals surface area contributed by atoms with Gasteiger partial charge in [0.05, 0.1) is 5.39 Å². The van der Waals surface area contributed by atoms with E-state index in [1.54, 1.807) is 30.6 Å². The maximum absolute atomic E-state index is 13.2. The predicted molar refractivity (Wildman–Crippen MR) is 153 cm³/mol. The van der Waals surface area contributed by atoms with Crippen LogP contribution < -0.4 is 4.90 Å². The van der Waals surface area contributed by atoms with Gasteiger partial charge in [-0.05, 0) is 47.9 Å². The topological polar surface area (TPSA) is 54.3 Å². The van der Waals surface area contributed by atoms with Crippen LogP contribution in [0.25, 0.3) is 33.9 Å². The van der Waals surface area contributed by atoms with Gasteiger partial charge in [-0.3, -0.25) is 4.79 Å². The molecular formula is C32H28FN5O. The van der Waals surface area contributed by atoms with E-state index in [0.29, 0.717) is 26.2 Å². The summed E-state index contributed by atoms with van der Waals surface area (Å²) in [6.45, 7) is 4.58. The SMILES string of the molecule is Cc1ccccc1-n1cc(-c2ccccc2)c2c(N3CCN(C(=O)/C=C/c4ccc(F)cc4)CC3)ncnc21. The van der Waals surface area contributed by atoms with Crippen molar-refractivity contribution in [2.24, 2.45) is 0 Å². The molecule has 0 aliphatic carbocycles. The van der Waals surface area contributed by atoms with Crippen LogP contribution in [0.5, 0.6) is 0 Å². The van der Waals surface area contributed by atoms with E-state index >= 15 is 0 Å². The minimum absolute atomic E-state index is 0.0533. The quantitative estimate of drug-likeness (QED) is 0.273. The average molecular weight is 518 g/mol. The summed E-state index contributed by atoms with van der Waals surface area (Å²) in [6, 6.07) is 24.7. The summed E-state index contributed by atoms with van der Waals surface area (Å²) in [5, 5.41) is 1.00. The fourth-order valence-electron chi connectivity index (χ4n) is 5.12. The van der Waals surface area contributed by atoms with Crippen LogP contribution in [-0.2, 0) is 4.79 Å². The molecule has 1 aliphatic heterocycles. The van der Waals surface area contributed by atoms with Gasteiger partial charge in [0, 0.05) is 49.7 Å². The summed E-state index contributed by atoms with van der Waals surface area (Å²) < 4.78 is 15.3. The number of anilines is 1. The molecule has 1 fully saturated rings. The van der Waals surface area contributed by atoms with Crippen LogP contribution in [0.3, 0.4) is 0 Å². The third-order valence-electron chi connectivity index (χ3n) is 7.20. The maximum Gasteiger partial charge on any atom is 0.246 e. The Kier molecular flexibility index (Phi) is 6.63. The van der Waals surface area contributed by atoms with E-state index in [2.05, 4.69) is 46.9 Å². The fraction of sp³-hybridized carbons (Fsp3) is 0.156. The zero-order chi connectivity index (χ0) is 26.8. The van der Waals surface area contributed by atoms with Crippen molar-refractivity contribution >= 4 is 28.8 Å². The van der Waals surface area contributed by atoms with E-state index in [1.165, 1.54) is 12.1 Å². The number of rotatable bonds is 5. The number of benzene rings is 3. The lowest BCUT2D eigenvalue weighted by Crippen LogP contribution is -2.48. The van der Waals surface area contributed by atoms with E-state index in [1.807, 2.05) is 35.2 Å². The van der Waals surface area contributed by atoms with Crippen LogP contribution in [0, 0.1) is 12.7 Å². The van der Waals surface area contributed by atoms with E-state index in [-0.39, 0.29) is 11.7 Å². The molecule has 3 heterocycles. The van der Waals surface area contributed by atoms with Gasteiger partial charge < -0.3 is 14.4 Å². The molecule has 0 unspecified atom stereocenters. The van der Waals surface area contributed by atoms with Gasteiger partial charge >= 0.3 is 0 Å². The number of aryl methyl sites for hydroxylation is 1. The number of nitrogens with zero attached hydrogens (tertiary/aromatic N) is 5. The van der Waals surface area contributed by atoms with Gasteiger partial charge in [-0.25, -0.2) is 14.4 Å². The van der Waals surface area contributed by atoms with E-state index in [9.17, 15) is 9.18 Å². The van der Waals surface area contributed by atoms with Gasteiger partial charge in [-0.15, -0.1) is 0 Å².